The summed E-state index contributed by atoms with van der Waals surface area (Å²) >= 11 is 0. The summed E-state index contributed by atoms with van der Waals surface area (Å²) in [6.45, 7) is 10.1. The fourth-order valence-corrected chi connectivity index (χ4v) is 1.88. The number of hydrogen-bond acceptors (Lipinski definition) is 1. The molecule has 0 aromatic rings. The Labute approximate surface area is 77.5 Å². The zero-order valence-corrected chi connectivity index (χ0v) is 9.26. The van der Waals surface area contributed by atoms with Crippen LogP contribution in [0.3, 0.4) is 0 Å². The lowest BCUT2D eigenvalue weighted by atomic mass is 9.83. The van der Waals surface area contributed by atoms with Crippen LogP contribution in [0.1, 0.15) is 40.5 Å². The maximum absolute atomic E-state index is 5.23. The van der Waals surface area contributed by atoms with Gasteiger partial charge in [-0.3, -0.25) is 0 Å². The minimum atomic E-state index is 0.731. The van der Waals surface area contributed by atoms with Crippen molar-refractivity contribution >= 4 is 0 Å². The van der Waals surface area contributed by atoms with Crippen LogP contribution in [0.25, 0.3) is 0 Å². The van der Waals surface area contributed by atoms with Crippen molar-refractivity contribution in [3.8, 4) is 0 Å². The molecule has 12 heavy (non-hydrogen) atoms. The van der Waals surface area contributed by atoms with E-state index in [1.165, 1.54) is 12.8 Å². The highest BCUT2D eigenvalue weighted by Gasteiger charge is 2.19. The SMILES string of the molecule is CCCC(C)C(COC)C(C)C. The average Bonchev–Trinajstić information content (AvgIpc) is 1.99. The van der Waals surface area contributed by atoms with Crippen LogP contribution in [-0.2, 0) is 4.74 Å². The van der Waals surface area contributed by atoms with Crippen LogP contribution in [0.2, 0.25) is 0 Å². The molecule has 0 saturated carbocycles. The molecule has 0 aliphatic carbocycles. The Bertz CT molecular complexity index is 99.2. The third kappa shape index (κ3) is 4.10. The van der Waals surface area contributed by atoms with Crippen molar-refractivity contribution in [3.05, 3.63) is 0 Å². The predicted molar refractivity (Wildman–Crippen MR) is 54.3 cm³/mol. The lowest BCUT2D eigenvalue weighted by Crippen LogP contribution is -2.22. The van der Waals surface area contributed by atoms with Gasteiger partial charge in [0.05, 0.1) is 0 Å². The molecule has 0 N–H and O–H groups in total. The first kappa shape index (κ1) is 12.0. The molecule has 0 bridgehead atoms. The van der Waals surface area contributed by atoms with E-state index in [0.29, 0.717) is 0 Å². The van der Waals surface area contributed by atoms with E-state index in [4.69, 9.17) is 4.74 Å². The van der Waals surface area contributed by atoms with Crippen LogP contribution in [0.5, 0.6) is 0 Å². The van der Waals surface area contributed by atoms with Crippen molar-refractivity contribution in [1.29, 1.82) is 0 Å². The van der Waals surface area contributed by atoms with Gasteiger partial charge in [0, 0.05) is 13.7 Å². The molecule has 0 amide bonds. The molecule has 1 heteroatoms. The molecule has 0 aliphatic rings. The Kier molecular flexibility index (Phi) is 6.45. The average molecular weight is 172 g/mol. The minimum Gasteiger partial charge on any atom is -0.384 e. The van der Waals surface area contributed by atoms with Crippen LogP contribution in [0.15, 0.2) is 0 Å². The molecule has 0 rings (SSSR count). The Morgan fingerprint density at radius 3 is 2.08 bits per heavy atom. The highest BCUT2D eigenvalue weighted by atomic mass is 16.5. The largest absolute Gasteiger partial charge is 0.384 e. The topological polar surface area (TPSA) is 9.23 Å². The van der Waals surface area contributed by atoms with Gasteiger partial charge in [0.2, 0.25) is 0 Å². The first-order valence-electron chi connectivity index (χ1n) is 5.12. The van der Waals surface area contributed by atoms with Crippen molar-refractivity contribution in [2.45, 2.75) is 40.5 Å². The molecule has 0 radical (unpaired) electrons. The summed E-state index contributed by atoms with van der Waals surface area (Å²) in [6, 6.07) is 0. The van der Waals surface area contributed by atoms with Gasteiger partial charge in [0.15, 0.2) is 0 Å². The van der Waals surface area contributed by atoms with E-state index in [2.05, 4.69) is 27.7 Å². The van der Waals surface area contributed by atoms with E-state index in [9.17, 15) is 0 Å². The van der Waals surface area contributed by atoms with Gasteiger partial charge in [0.1, 0.15) is 0 Å². The van der Waals surface area contributed by atoms with Gasteiger partial charge in [-0.1, -0.05) is 40.5 Å². The lowest BCUT2D eigenvalue weighted by Gasteiger charge is -2.26. The van der Waals surface area contributed by atoms with Crippen LogP contribution >= 0.6 is 0 Å². The van der Waals surface area contributed by atoms with Gasteiger partial charge < -0.3 is 4.74 Å². The van der Waals surface area contributed by atoms with Gasteiger partial charge in [-0.25, -0.2) is 0 Å². The summed E-state index contributed by atoms with van der Waals surface area (Å²) in [5, 5.41) is 0. The van der Waals surface area contributed by atoms with Crippen LogP contribution < -0.4 is 0 Å². The molecule has 1 nitrogen and oxygen atoms in total. The smallest absolute Gasteiger partial charge is 0.0495 e. The Morgan fingerprint density at radius 2 is 1.75 bits per heavy atom. The highest BCUT2D eigenvalue weighted by Crippen LogP contribution is 2.24. The van der Waals surface area contributed by atoms with Crippen molar-refractivity contribution in [2.75, 3.05) is 13.7 Å². The quantitative estimate of drug-likeness (QED) is 0.597. The van der Waals surface area contributed by atoms with E-state index in [1.54, 1.807) is 7.11 Å². The van der Waals surface area contributed by atoms with Crippen LogP contribution in [0.4, 0.5) is 0 Å². The van der Waals surface area contributed by atoms with E-state index in [-0.39, 0.29) is 0 Å². The number of methoxy groups -OCH3 is 1. The summed E-state index contributed by atoms with van der Waals surface area (Å²) in [7, 11) is 1.80. The summed E-state index contributed by atoms with van der Waals surface area (Å²) in [6.07, 6.45) is 2.61. The van der Waals surface area contributed by atoms with E-state index in [1.807, 2.05) is 0 Å². The van der Waals surface area contributed by atoms with E-state index >= 15 is 0 Å². The Morgan fingerprint density at radius 1 is 1.17 bits per heavy atom. The molecular formula is C11H24O. The number of hydrogen-bond donors (Lipinski definition) is 0. The lowest BCUT2D eigenvalue weighted by molar-refractivity contribution is 0.0939. The summed E-state index contributed by atoms with van der Waals surface area (Å²) in [4.78, 5) is 0. The third-order valence-electron chi connectivity index (χ3n) is 2.69. The van der Waals surface area contributed by atoms with Gasteiger partial charge in [-0.2, -0.15) is 0 Å². The molecule has 0 heterocycles. The zero-order chi connectivity index (χ0) is 9.56. The van der Waals surface area contributed by atoms with Crippen molar-refractivity contribution in [1.82, 2.24) is 0 Å². The van der Waals surface area contributed by atoms with Crippen molar-refractivity contribution in [3.63, 3.8) is 0 Å². The second-order valence-electron chi connectivity index (χ2n) is 4.13. The molecule has 0 aromatic carbocycles. The Hall–Kier alpha value is -0.0400. The second kappa shape index (κ2) is 6.47. The molecule has 0 spiro atoms. The third-order valence-corrected chi connectivity index (χ3v) is 2.69. The monoisotopic (exact) mass is 172 g/mol. The number of ether oxygens (including phenoxy) is 1. The maximum Gasteiger partial charge on any atom is 0.0495 e. The second-order valence-corrected chi connectivity index (χ2v) is 4.13. The van der Waals surface area contributed by atoms with Gasteiger partial charge >= 0.3 is 0 Å². The van der Waals surface area contributed by atoms with Crippen molar-refractivity contribution < 1.29 is 4.74 Å². The molecule has 0 saturated heterocycles. The molecule has 0 aromatic heterocycles. The molecule has 0 fully saturated rings. The summed E-state index contributed by atoms with van der Waals surface area (Å²) < 4.78 is 5.23. The first-order valence-corrected chi connectivity index (χ1v) is 5.12. The molecule has 74 valence electrons. The van der Waals surface area contributed by atoms with Gasteiger partial charge in [0.25, 0.3) is 0 Å². The minimum absolute atomic E-state index is 0.731. The maximum atomic E-state index is 5.23. The molecule has 0 aliphatic heterocycles. The highest BCUT2D eigenvalue weighted by molar-refractivity contribution is 4.68. The Balaban J connectivity index is 3.90. The first-order chi connectivity index (χ1) is 5.63. The molecule has 2 atom stereocenters. The van der Waals surface area contributed by atoms with Gasteiger partial charge in [-0.15, -0.1) is 0 Å². The van der Waals surface area contributed by atoms with Crippen LogP contribution in [-0.4, -0.2) is 13.7 Å². The van der Waals surface area contributed by atoms with E-state index < -0.39 is 0 Å². The van der Waals surface area contributed by atoms with Crippen molar-refractivity contribution in [2.24, 2.45) is 17.8 Å². The van der Waals surface area contributed by atoms with E-state index in [0.717, 1.165) is 24.4 Å². The molecule has 2 unspecified atom stereocenters. The summed E-state index contributed by atoms with van der Waals surface area (Å²) in [5.41, 5.74) is 0. The number of rotatable bonds is 6. The normalized spacial score (nSPS) is 16.5. The van der Waals surface area contributed by atoms with Crippen LogP contribution in [0, 0.1) is 17.8 Å². The zero-order valence-electron chi connectivity index (χ0n) is 9.26. The fraction of sp³-hybridized carbons (Fsp3) is 1.00. The standard InChI is InChI=1S/C11H24O/c1-6-7-10(4)11(8-12-5)9(2)3/h9-11H,6-8H2,1-5H3. The molecular weight excluding hydrogens is 148 g/mol. The summed E-state index contributed by atoms with van der Waals surface area (Å²) in [5.74, 6) is 2.27. The van der Waals surface area contributed by atoms with Gasteiger partial charge in [-0.05, 0) is 17.8 Å². The predicted octanol–water partition coefficient (Wildman–Crippen LogP) is 3.34. The fourth-order valence-electron chi connectivity index (χ4n) is 1.88.